The number of hydrogen-bond acceptors (Lipinski definition) is 3. The van der Waals surface area contributed by atoms with Crippen molar-refractivity contribution < 1.29 is 4.74 Å². The molecule has 0 saturated heterocycles. The Morgan fingerprint density at radius 3 is 2.56 bits per heavy atom. The van der Waals surface area contributed by atoms with Crippen LogP contribution in [-0.4, -0.2) is 12.1 Å². The third kappa shape index (κ3) is 2.62. The van der Waals surface area contributed by atoms with Crippen LogP contribution in [0.2, 0.25) is 0 Å². The van der Waals surface area contributed by atoms with Gasteiger partial charge in [0, 0.05) is 12.6 Å². The van der Waals surface area contributed by atoms with Crippen LogP contribution in [0.5, 0.6) is 5.75 Å². The average Bonchev–Trinajstić information content (AvgIpc) is 2.34. The molecule has 18 heavy (non-hydrogen) atoms. The summed E-state index contributed by atoms with van der Waals surface area (Å²) >= 11 is 0. The van der Waals surface area contributed by atoms with Crippen molar-refractivity contribution in [1.82, 2.24) is 4.98 Å². The summed E-state index contributed by atoms with van der Waals surface area (Å²) in [6, 6.07) is 8.23. The van der Waals surface area contributed by atoms with Crippen LogP contribution in [0.3, 0.4) is 0 Å². The number of benzene rings is 1. The lowest BCUT2D eigenvalue weighted by molar-refractivity contribution is 0.410. The third-order valence-electron chi connectivity index (χ3n) is 2.95. The molecular weight excluding hydrogens is 224 g/mol. The molecule has 1 aromatic heterocycles. The fourth-order valence-corrected chi connectivity index (χ4v) is 2.03. The topological polar surface area (TPSA) is 48.1 Å². The molecule has 0 bridgehead atoms. The van der Waals surface area contributed by atoms with Gasteiger partial charge in [-0.15, -0.1) is 0 Å². The first-order valence-corrected chi connectivity index (χ1v) is 5.94. The molecule has 3 nitrogen and oxygen atoms in total. The van der Waals surface area contributed by atoms with Gasteiger partial charge in [0.15, 0.2) is 0 Å². The van der Waals surface area contributed by atoms with Crippen LogP contribution in [-0.2, 0) is 6.42 Å². The fourth-order valence-electron chi connectivity index (χ4n) is 2.03. The van der Waals surface area contributed by atoms with E-state index >= 15 is 0 Å². The van der Waals surface area contributed by atoms with Crippen molar-refractivity contribution in [2.45, 2.75) is 20.3 Å². The van der Waals surface area contributed by atoms with E-state index in [-0.39, 0.29) is 0 Å². The molecule has 1 heterocycles. The summed E-state index contributed by atoms with van der Waals surface area (Å²) in [6.45, 7) is 4.09. The lowest BCUT2D eigenvalue weighted by Crippen LogP contribution is -2.01. The van der Waals surface area contributed by atoms with Crippen LogP contribution in [0.1, 0.15) is 22.3 Å². The highest BCUT2D eigenvalue weighted by atomic mass is 16.5. The highest BCUT2D eigenvalue weighted by molar-refractivity contribution is 5.47. The number of methoxy groups -OCH3 is 1. The second kappa shape index (κ2) is 5.08. The average molecular weight is 242 g/mol. The smallest absolute Gasteiger partial charge is 0.126 e. The van der Waals surface area contributed by atoms with Crippen molar-refractivity contribution in [1.29, 1.82) is 0 Å². The molecule has 2 aromatic rings. The quantitative estimate of drug-likeness (QED) is 0.900. The van der Waals surface area contributed by atoms with Crippen LogP contribution >= 0.6 is 0 Å². The molecular formula is C15H18N2O. The van der Waals surface area contributed by atoms with Gasteiger partial charge in [0.1, 0.15) is 11.6 Å². The monoisotopic (exact) mass is 242 g/mol. The number of aromatic nitrogens is 1. The Morgan fingerprint density at radius 1 is 1.11 bits per heavy atom. The highest BCUT2D eigenvalue weighted by Crippen LogP contribution is 2.24. The summed E-state index contributed by atoms with van der Waals surface area (Å²) in [5.74, 6) is 1.48. The van der Waals surface area contributed by atoms with E-state index in [0.717, 1.165) is 28.9 Å². The molecule has 0 aliphatic rings. The SMILES string of the molecule is COc1ccc(C)cc1Cc1cc(C)cnc1N. The molecule has 2 N–H and O–H groups in total. The van der Waals surface area contributed by atoms with Crippen LogP contribution in [0.25, 0.3) is 0 Å². The maximum absolute atomic E-state index is 5.91. The second-order valence-electron chi connectivity index (χ2n) is 4.55. The Morgan fingerprint density at radius 2 is 1.83 bits per heavy atom. The Labute approximate surface area is 108 Å². The predicted octanol–water partition coefficient (Wildman–Crippen LogP) is 2.88. The summed E-state index contributed by atoms with van der Waals surface area (Å²) in [7, 11) is 1.69. The van der Waals surface area contributed by atoms with Crippen molar-refractivity contribution in [3.8, 4) is 5.75 Å². The summed E-state index contributed by atoms with van der Waals surface area (Å²) in [5, 5.41) is 0. The van der Waals surface area contributed by atoms with Crippen molar-refractivity contribution in [3.05, 3.63) is 52.7 Å². The minimum atomic E-state index is 0.587. The third-order valence-corrected chi connectivity index (χ3v) is 2.95. The zero-order valence-corrected chi connectivity index (χ0v) is 11.0. The number of ether oxygens (including phenoxy) is 1. The molecule has 0 fully saturated rings. The summed E-state index contributed by atoms with van der Waals surface area (Å²) in [5.41, 5.74) is 10.4. The largest absolute Gasteiger partial charge is 0.496 e. The molecule has 0 unspecified atom stereocenters. The first kappa shape index (κ1) is 12.4. The molecule has 0 atom stereocenters. The van der Waals surface area contributed by atoms with E-state index in [9.17, 15) is 0 Å². The molecule has 94 valence electrons. The van der Waals surface area contributed by atoms with E-state index in [4.69, 9.17) is 10.5 Å². The summed E-state index contributed by atoms with van der Waals surface area (Å²) < 4.78 is 5.38. The molecule has 0 aliphatic heterocycles. The molecule has 3 heteroatoms. The summed E-state index contributed by atoms with van der Waals surface area (Å²) in [4.78, 5) is 4.19. The molecule has 0 amide bonds. The molecule has 0 saturated carbocycles. The number of rotatable bonds is 3. The first-order valence-electron chi connectivity index (χ1n) is 5.94. The van der Waals surface area contributed by atoms with Gasteiger partial charge in [-0.25, -0.2) is 4.98 Å². The van der Waals surface area contributed by atoms with E-state index in [1.165, 1.54) is 5.56 Å². The van der Waals surface area contributed by atoms with Gasteiger partial charge in [-0.3, -0.25) is 0 Å². The maximum Gasteiger partial charge on any atom is 0.126 e. The number of pyridine rings is 1. The van der Waals surface area contributed by atoms with Gasteiger partial charge < -0.3 is 10.5 Å². The highest BCUT2D eigenvalue weighted by Gasteiger charge is 2.07. The van der Waals surface area contributed by atoms with E-state index in [1.54, 1.807) is 13.3 Å². The maximum atomic E-state index is 5.91. The predicted molar refractivity (Wildman–Crippen MR) is 73.9 cm³/mol. The van der Waals surface area contributed by atoms with Crippen molar-refractivity contribution >= 4 is 5.82 Å². The van der Waals surface area contributed by atoms with Gasteiger partial charge in [-0.2, -0.15) is 0 Å². The van der Waals surface area contributed by atoms with Crippen molar-refractivity contribution in [3.63, 3.8) is 0 Å². The first-order chi connectivity index (χ1) is 8.60. The van der Waals surface area contributed by atoms with Gasteiger partial charge in [0.05, 0.1) is 7.11 Å². The minimum Gasteiger partial charge on any atom is -0.496 e. The Bertz CT molecular complexity index is 564. The molecule has 2 rings (SSSR count). The van der Waals surface area contributed by atoms with Crippen molar-refractivity contribution in [2.24, 2.45) is 0 Å². The van der Waals surface area contributed by atoms with Crippen LogP contribution in [0, 0.1) is 13.8 Å². The van der Waals surface area contributed by atoms with Gasteiger partial charge in [-0.05, 0) is 36.6 Å². The van der Waals surface area contributed by atoms with E-state index in [0.29, 0.717) is 5.82 Å². The number of nitrogens with zero attached hydrogens (tertiary/aromatic N) is 1. The fraction of sp³-hybridized carbons (Fsp3) is 0.267. The van der Waals surface area contributed by atoms with Crippen LogP contribution in [0.15, 0.2) is 30.5 Å². The summed E-state index contributed by atoms with van der Waals surface area (Å²) in [6.07, 6.45) is 2.53. The van der Waals surface area contributed by atoms with Gasteiger partial charge >= 0.3 is 0 Å². The van der Waals surface area contributed by atoms with Crippen LogP contribution in [0.4, 0.5) is 5.82 Å². The van der Waals surface area contributed by atoms with E-state index < -0.39 is 0 Å². The Kier molecular flexibility index (Phi) is 3.51. The Balaban J connectivity index is 2.38. The lowest BCUT2D eigenvalue weighted by Gasteiger charge is -2.11. The molecule has 0 spiro atoms. The zero-order valence-electron chi connectivity index (χ0n) is 11.0. The zero-order chi connectivity index (χ0) is 13.1. The van der Waals surface area contributed by atoms with E-state index in [2.05, 4.69) is 24.0 Å². The van der Waals surface area contributed by atoms with Gasteiger partial charge in [0.2, 0.25) is 0 Å². The number of aryl methyl sites for hydroxylation is 2. The normalized spacial score (nSPS) is 10.4. The van der Waals surface area contributed by atoms with Crippen LogP contribution < -0.4 is 10.5 Å². The lowest BCUT2D eigenvalue weighted by atomic mass is 10.0. The number of nitrogens with two attached hydrogens (primary N) is 1. The number of hydrogen-bond donors (Lipinski definition) is 1. The van der Waals surface area contributed by atoms with Gasteiger partial charge in [-0.1, -0.05) is 23.8 Å². The second-order valence-corrected chi connectivity index (χ2v) is 4.55. The number of anilines is 1. The minimum absolute atomic E-state index is 0.587. The molecule has 0 radical (unpaired) electrons. The Hall–Kier alpha value is -2.03. The van der Waals surface area contributed by atoms with Gasteiger partial charge in [0.25, 0.3) is 0 Å². The van der Waals surface area contributed by atoms with E-state index in [1.807, 2.05) is 19.1 Å². The standard InChI is InChI=1S/C15H18N2O/c1-10-4-5-14(18-3)12(6-10)8-13-7-11(2)9-17-15(13)16/h4-7,9H,8H2,1-3H3,(H2,16,17). The molecule has 0 aliphatic carbocycles. The number of nitrogen functional groups attached to an aromatic ring is 1. The van der Waals surface area contributed by atoms with Crippen molar-refractivity contribution in [2.75, 3.05) is 12.8 Å². The molecule has 1 aromatic carbocycles.